The van der Waals surface area contributed by atoms with E-state index >= 15 is 0 Å². The highest BCUT2D eigenvalue weighted by atomic mass is 19.1. The van der Waals surface area contributed by atoms with Crippen LogP contribution in [-0.2, 0) is 10.2 Å². The monoisotopic (exact) mass is 402 g/mol. The van der Waals surface area contributed by atoms with Crippen LogP contribution in [-0.4, -0.2) is 33.2 Å². The molecule has 0 aliphatic carbocycles. The molecule has 1 fully saturated rings. The molecule has 2 atom stereocenters. The first kappa shape index (κ1) is 18.4. The van der Waals surface area contributed by atoms with Gasteiger partial charge in [0.15, 0.2) is 0 Å². The zero-order valence-corrected chi connectivity index (χ0v) is 16.3. The van der Waals surface area contributed by atoms with Crippen LogP contribution < -0.4 is 5.32 Å². The lowest BCUT2D eigenvalue weighted by molar-refractivity contribution is -0.121. The molecule has 1 aromatic heterocycles. The second-order valence-electron chi connectivity index (χ2n) is 7.72. The van der Waals surface area contributed by atoms with Crippen molar-refractivity contribution in [3.05, 3.63) is 89.3 Å². The highest BCUT2D eigenvalue weighted by molar-refractivity contribution is 6.08. The van der Waals surface area contributed by atoms with Crippen molar-refractivity contribution in [3.8, 4) is 0 Å². The lowest BCUT2D eigenvalue weighted by Crippen LogP contribution is -2.42. The van der Waals surface area contributed by atoms with E-state index < -0.39 is 11.5 Å². The topological polar surface area (TPSA) is 75.2 Å². The number of halogens is 1. The van der Waals surface area contributed by atoms with Crippen LogP contribution in [0.4, 0.5) is 10.1 Å². The van der Waals surface area contributed by atoms with Crippen molar-refractivity contribution in [2.75, 3.05) is 11.9 Å². The number of benzene rings is 2. The number of aromatic nitrogens is 2. The molecule has 2 aliphatic rings. The van der Waals surface area contributed by atoms with Crippen molar-refractivity contribution in [2.24, 2.45) is 0 Å². The van der Waals surface area contributed by atoms with Gasteiger partial charge in [0, 0.05) is 18.4 Å². The lowest BCUT2D eigenvalue weighted by atomic mass is 9.72. The maximum atomic E-state index is 13.6. The molecule has 1 spiro atoms. The number of nitrogens with zero attached hydrogens (tertiary/aromatic N) is 3. The number of aryl methyl sites for hydroxylation is 1. The molecular weight excluding hydrogens is 383 g/mol. The number of para-hydroxylation sites is 1. The molecule has 3 heterocycles. The third-order valence-corrected chi connectivity index (χ3v) is 6.03. The minimum atomic E-state index is -0.942. The Morgan fingerprint density at radius 2 is 1.90 bits per heavy atom. The third kappa shape index (κ3) is 2.62. The molecule has 1 N–H and O–H groups in total. The lowest BCUT2D eigenvalue weighted by Gasteiger charge is -2.34. The minimum absolute atomic E-state index is 0.150. The average Bonchev–Trinajstić information content (AvgIpc) is 3.28. The van der Waals surface area contributed by atoms with E-state index in [0.29, 0.717) is 24.2 Å². The number of anilines is 1. The summed E-state index contributed by atoms with van der Waals surface area (Å²) in [7, 11) is 0. The molecular formula is C23H19FN4O2. The third-order valence-electron chi connectivity index (χ3n) is 6.03. The fourth-order valence-corrected chi connectivity index (χ4v) is 4.66. The number of rotatable bonds is 2. The van der Waals surface area contributed by atoms with E-state index in [2.05, 4.69) is 15.3 Å². The molecule has 30 heavy (non-hydrogen) atoms. The summed E-state index contributed by atoms with van der Waals surface area (Å²) >= 11 is 0. The SMILES string of the molecule is Cc1cnc(C(=O)N2CC[C@]3(C(=O)Nc4ccccc43)[C@@H]2c2ccc(F)cc2)cn1. The number of carbonyl (C=O) groups excluding carboxylic acids is 2. The molecule has 0 radical (unpaired) electrons. The van der Waals surface area contributed by atoms with Crippen LogP contribution in [0.25, 0.3) is 0 Å². The van der Waals surface area contributed by atoms with E-state index in [0.717, 1.165) is 11.3 Å². The number of amides is 2. The van der Waals surface area contributed by atoms with Crippen LogP contribution in [0.5, 0.6) is 0 Å². The predicted octanol–water partition coefficient (Wildman–Crippen LogP) is 3.40. The Morgan fingerprint density at radius 1 is 1.13 bits per heavy atom. The molecule has 6 nitrogen and oxygen atoms in total. The molecule has 1 saturated heterocycles. The van der Waals surface area contributed by atoms with Crippen molar-refractivity contribution in [1.82, 2.24) is 14.9 Å². The maximum Gasteiger partial charge on any atom is 0.274 e. The van der Waals surface area contributed by atoms with E-state index in [4.69, 9.17) is 0 Å². The van der Waals surface area contributed by atoms with Crippen molar-refractivity contribution >= 4 is 17.5 Å². The molecule has 0 saturated carbocycles. The van der Waals surface area contributed by atoms with Gasteiger partial charge in [-0.1, -0.05) is 30.3 Å². The molecule has 0 unspecified atom stereocenters. The maximum absolute atomic E-state index is 13.6. The molecule has 2 aromatic carbocycles. The highest BCUT2D eigenvalue weighted by Crippen LogP contribution is 2.54. The zero-order valence-electron chi connectivity index (χ0n) is 16.3. The smallest absolute Gasteiger partial charge is 0.274 e. The van der Waals surface area contributed by atoms with Crippen LogP contribution in [0.15, 0.2) is 60.9 Å². The van der Waals surface area contributed by atoms with Crippen LogP contribution in [0, 0.1) is 12.7 Å². The van der Waals surface area contributed by atoms with E-state index in [1.807, 2.05) is 24.3 Å². The van der Waals surface area contributed by atoms with Crippen molar-refractivity contribution in [1.29, 1.82) is 0 Å². The largest absolute Gasteiger partial charge is 0.329 e. The molecule has 2 amide bonds. The van der Waals surface area contributed by atoms with Crippen molar-refractivity contribution in [3.63, 3.8) is 0 Å². The first-order valence-electron chi connectivity index (χ1n) is 9.77. The minimum Gasteiger partial charge on any atom is -0.329 e. The summed E-state index contributed by atoms with van der Waals surface area (Å²) in [6.45, 7) is 2.17. The molecule has 3 aromatic rings. The molecule has 2 aliphatic heterocycles. The van der Waals surface area contributed by atoms with Gasteiger partial charge in [0.05, 0.1) is 17.9 Å². The summed E-state index contributed by atoms with van der Waals surface area (Å²) in [4.78, 5) is 36.8. The number of hydrogen-bond donors (Lipinski definition) is 1. The Bertz CT molecular complexity index is 1150. The Hall–Kier alpha value is -3.61. The number of fused-ring (bicyclic) bond motifs is 2. The van der Waals surface area contributed by atoms with Crippen LogP contribution in [0.3, 0.4) is 0 Å². The Kier molecular flexibility index (Phi) is 4.13. The second-order valence-corrected chi connectivity index (χ2v) is 7.72. The first-order valence-corrected chi connectivity index (χ1v) is 9.77. The number of likely N-dealkylation sites (tertiary alicyclic amines) is 1. The highest BCUT2D eigenvalue weighted by Gasteiger charge is 2.59. The standard InChI is InChI=1S/C23H19FN4O2/c1-14-12-26-19(13-25-14)21(29)28-11-10-23(20(28)15-6-8-16(24)9-7-15)17-4-2-3-5-18(17)27-22(23)30/h2-9,12-13,20H,10-11H2,1H3,(H,27,30)/t20-,23+/m0/s1. The Morgan fingerprint density at radius 3 is 2.63 bits per heavy atom. The normalized spacial score (nSPS) is 22.3. The summed E-state index contributed by atoms with van der Waals surface area (Å²) in [5.74, 6) is -0.821. The predicted molar refractivity (Wildman–Crippen MR) is 108 cm³/mol. The Balaban J connectivity index is 1.66. The van der Waals surface area contributed by atoms with Gasteiger partial charge in [-0.3, -0.25) is 14.6 Å². The molecule has 7 heteroatoms. The van der Waals surface area contributed by atoms with E-state index in [9.17, 15) is 14.0 Å². The van der Waals surface area contributed by atoms with E-state index in [1.54, 1.807) is 30.2 Å². The number of hydrogen-bond acceptors (Lipinski definition) is 4. The first-order chi connectivity index (χ1) is 14.5. The number of nitrogens with one attached hydrogen (secondary N) is 1. The summed E-state index contributed by atoms with van der Waals surface area (Å²) in [6.07, 6.45) is 3.46. The fourth-order valence-electron chi connectivity index (χ4n) is 4.66. The van der Waals surface area contributed by atoms with Gasteiger partial charge in [0.25, 0.3) is 5.91 Å². The van der Waals surface area contributed by atoms with Gasteiger partial charge in [-0.2, -0.15) is 0 Å². The van der Waals surface area contributed by atoms with Gasteiger partial charge in [0.2, 0.25) is 5.91 Å². The second kappa shape index (κ2) is 6.73. The average molecular weight is 402 g/mol. The summed E-state index contributed by atoms with van der Waals surface area (Å²) < 4.78 is 13.6. The van der Waals surface area contributed by atoms with Gasteiger partial charge in [-0.15, -0.1) is 0 Å². The fraction of sp³-hybridized carbons (Fsp3) is 0.217. The molecule has 5 rings (SSSR count). The molecule has 150 valence electrons. The van der Waals surface area contributed by atoms with Crippen LogP contribution in [0.1, 0.15) is 39.8 Å². The summed E-state index contributed by atoms with van der Waals surface area (Å²) in [5, 5.41) is 2.97. The quantitative estimate of drug-likeness (QED) is 0.713. The van der Waals surface area contributed by atoms with E-state index in [1.165, 1.54) is 18.3 Å². The van der Waals surface area contributed by atoms with Crippen LogP contribution in [0.2, 0.25) is 0 Å². The Labute approximate surface area is 172 Å². The zero-order chi connectivity index (χ0) is 20.9. The van der Waals surface area contributed by atoms with E-state index in [-0.39, 0.29) is 23.3 Å². The summed E-state index contributed by atoms with van der Waals surface area (Å²) in [6, 6.07) is 12.9. The van der Waals surface area contributed by atoms with Crippen molar-refractivity contribution < 1.29 is 14.0 Å². The van der Waals surface area contributed by atoms with Gasteiger partial charge in [-0.25, -0.2) is 9.37 Å². The van der Waals surface area contributed by atoms with Gasteiger partial charge >= 0.3 is 0 Å². The molecule has 0 bridgehead atoms. The van der Waals surface area contributed by atoms with Gasteiger partial charge in [-0.05, 0) is 42.7 Å². The van der Waals surface area contributed by atoms with Gasteiger partial charge < -0.3 is 10.2 Å². The summed E-state index contributed by atoms with van der Waals surface area (Å²) in [5.41, 5.74) is 2.30. The van der Waals surface area contributed by atoms with Gasteiger partial charge in [0.1, 0.15) is 16.9 Å². The number of carbonyl (C=O) groups is 2. The van der Waals surface area contributed by atoms with Crippen LogP contribution >= 0.6 is 0 Å². The van der Waals surface area contributed by atoms with Crippen molar-refractivity contribution in [2.45, 2.75) is 24.8 Å².